The molecule has 9 heteroatoms. The molecule has 5 aliphatic heterocycles. The van der Waals surface area contributed by atoms with Crippen LogP contribution < -0.4 is 0 Å². The molecule has 0 unspecified atom stereocenters. The van der Waals surface area contributed by atoms with Crippen molar-refractivity contribution in [1.29, 1.82) is 0 Å². The molecule has 0 amide bonds. The number of hydrogen-bond acceptors (Lipinski definition) is 3. The lowest BCUT2D eigenvalue weighted by Crippen LogP contribution is -2.65. The smallest absolute Gasteiger partial charge is 0.361 e. The number of rotatable bonds is 2. The van der Waals surface area contributed by atoms with Crippen LogP contribution in [0.3, 0.4) is 0 Å². The maximum Gasteiger partial charge on any atom is 0.415 e. The first kappa shape index (κ1) is 18.9. The molecule has 3 saturated heterocycles. The lowest BCUT2D eigenvalue weighted by atomic mass is 9.58. The molecule has 0 saturated carbocycles. The third kappa shape index (κ3) is 2.23. The van der Waals surface area contributed by atoms with Crippen molar-refractivity contribution >= 4 is 0 Å². The van der Waals surface area contributed by atoms with Crippen LogP contribution in [0, 0.1) is 11.8 Å². The standard InChI is InChI=1S/C21H17F6NO2/c22-20(23,24)14-15-13-12-6-7-18(29-12)9-28(8-11-4-2-1-3-5-11)10-19(30-15,16(13)18)17(14)21(25,26)27/h1-7,12-13,15-16H,8-10H2/t12-,13+,15-,16-,18-,19+/m1/s1. The summed E-state index contributed by atoms with van der Waals surface area (Å²) in [6.07, 6.45) is -9.15. The largest absolute Gasteiger partial charge is 0.415 e. The average Bonchev–Trinajstić information content (AvgIpc) is 3.36. The molecule has 1 aromatic carbocycles. The van der Waals surface area contributed by atoms with E-state index >= 15 is 0 Å². The quantitative estimate of drug-likeness (QED) is 0.524. The fourth-order valence-corrected chi connectivity index (χ4v) is 6.55. The third-order valence-corrected chi connectivity index (χ3v) is 7.15. The predicted molar refractivity (Wildman–Crippen MR) is 92.2 cm³/mol. The molecule has 0 aliphatic carbocycles. The molecule has 6 atom stereocenters. The van der Waals surface area contributed by atoms with Crippen molar-refractivity contribution in [3.8, 4) is 0 Å². The number of hydrogen-bond donors (Lipinski definition) is 0. The zero-order chi connectivity index (χ0) is 21.1. The van der Waals surface area contributed by atoms with E-state index < -0.39 is 58.7 Å². The van der Waals surface area contributed by atoms with Crippen LogP contribution in [0.4, 0.5) is 26.3 Å². The number of piperidine rings is 1. The van der Waals surface area contributed by atoms with Crippen LogP contribution in [0.25, 0.3) is 0 Å². The van der Waals surface area contributed by atoms with Crippen LogP contribution in [0.1, 0.15) is 5.56 Å². The summed E-state index contributed by atoms with van der Waals surface area (Å²) in [6.45, 7) is 0.365. The molecule has 1 aromatic rings. The molecular formula is C21H17F6NO2. The Bertz CT molecular complexity index is 970. The van der Waals surface area contributed by atoms with Gasteiger partial charge in [-0.25, -0.2) is 0 Å². The van der Waals surface area contributed by atoms with Crippen molar-refractivity contribution in [3.05, 3.63) is 59.2 Å². The number of benzene rings is 1. The third-order valence-electron chi connectivity index (χ3n) is 7.15. The zero-order valence-electron chi connectivity index (χ0n) is 15.5. The van der Waals surface area contributed by atoms with Crippen molar-refractivity contribution in [1.82, 2.24) is 4.90 Å². The highest BCUT2D eigenvalue weighted by molar-refractivity contribution is 5.51. The van der Waals surface area contributed by atoms with Gasteiger partial charge >= 0.3 is 12.4 Å². The van der Waals surface area contributed by atoms with Gasteiger partial charge in [0.05, 0.1) is 23.4 Å². The van der Waals surface area contributed by atoms with Gasteiger partial charge in [0.1, 0.15) is 11.2 Å². The van der Waals surface area contributed by atoms with Crippen molar-refractivity contribution in [3.63, 3.8) is 0 Å². The molecular weight excluding hydrogens is 412 g/mol. The van der Waals surface area contributed by atoms with E-state index in [4.69, 9.17) is 9.47 Å². The predicted octanol–water partition coefficient (Wildman–Crippen LogP) is 4.01. The highest BCUT2D eigenvalue weighted by atomic mass is 19.4. The summed E-state index contributed by atoms with van der Waals surface area (Å²) in [6, 6.07) is 9.12. The van der Waals surface area contributed by atoms with Crippen LogP contribution in [0.15, 0.2) is 53.6 Å². The van der Waals surface area contributed by atoms with Crippen LogP contribution in [-0.4, -0.2) is 53.8 Å². The maximum atomic E-state index is 14.1. The summed E-state index contributed by atoms with van der Waals surface area (Å²) in [7, 11) is 0. The molecule has 0 aromatic heterocycles. The first-order valence-electron chi connectivity index (χ1n) is 9.75. The molecule has 5 aliphatic rings. The number of likely N-dealkylation sites (tertiary alicyclic amines) is 1. The number of ether oxygens (including phenoxy) is 2. The van der Waals surface area contributed by atoms with Gasteiger partial charge in [0.25, 0.3) is 0 Å². The van der Waals surface area contributed by atoms with E-state index in [9.17, 15) is 26.3 Å². The van der Waals surface area contributed by atoms with E-state index in [1.165, 1.54) is 0 Å². The second-order valence-electron chi connectivity index (χ2n) is 8.79. The first-order valence-corrected chi connectivity index (χ1v) is 9.75. The molecule has 0 radical (unpaired) electrons. The minimum absolute atomic E-state index is 0.250. The highest BCUT2D eigenvalue weighted by Gasteiger charge is 2.81. The van der Waals surface area contributed by atoms with E-state index in [1.807, 2.05) is 30.3 Å². The summed E-state index contributed by atoms with van der Waals surface area (Å²) >= 11 is 0. The minimum Gasteiger partial charge on any atom is -0.361 e. The number of halogens is 6. The maximum absolute atomic E-state index is 14.1. The van der Waals surface area contributed by atoms with Crippen molar-refractivity contribution < 1.29 is 35.8 Å². The van der Waals surface area contributed by atoms with Crippen LogP contribution >= 0.6 is 0 Å². The van der Waals surface area contributed by atoms with Gasteiger partial charge in [0.2, 0.25) is 0 Å². The van der Waals surface area contributed by atoms with Crippen molar-refractivity contribution in [2.75, 3.05) is 13.1 Å². The van der Waals surface area contributed by atoms with E-state index in [0.29, 0.717) is 13.1 Å². The molecule has 160 valence electrons. The van der Waals surface area contributed by atoms with Gasteiger partial charge in [0.15, 0.2) is 0 Å². The molecule has 3 nitrogen and oxygen atoms in total. The Kier molecular flexibility index (Phi) is 3.46. The van der Waals surface area contributed by atoms with Crippen LogP contribution in [-0.2, 0) is 16.0 Å². The topological polar surface area (TPSA) is 21.7 Å². The van der Waals surface area contributed by atoms with E-state index in [0.717, 1.165) is 5.56 Å². The summed E-state index contributed by atoms with van der Waals surface area (Å²) in [5, 5.41) is 0. The van der Waals surface area contributed by atoms with Crippen molar-refractivity contribution in [2.45, 2.75) is 42.3 Å². The second kappa shape index (κ2) is 5.49. The lowest BCUT2D eigenvalue weighted by Gasteiger charge is -2.51. The van der Waals surface area contributed by atoms with Gasteiger partial charge in [0, 0.05) is 31.5 Å². The van der Waals surface area contributed by atoms with Gasteiger partial charge in [-0.05, 0) is 5.56 Å². The highest BCUT2D eigenvalue weighted by Crippen LogP contribution is 2.70. The minimum atomic E-state index is -5.15. The van der Waals surface area contributed by atoms with E-state index in [2.05, 4.69) is 0 Å². The van der Waals surface area contributed by atoms with Gasteiger partial charge in [-0.2, -0.15) is 26.3 Å². The normalized spacial score (nSPS) is 41.8. The Labute approximate surface area is 167 Å². The van der Waals surface area contributed by atoms with Gasteiger partial charge < -0.3 is 9.47 Å². The molecule has 5 heterocycles. The summed E-state index contributed by atoms with van der Waals surface area (Å²) in [4.78, 5) is 1.73. The Hall–Kier alpha value is -1.84. The molecule has 2 spiro atoms. The second-order valence-corrected chi connectivity index (χ2v) is 8.79. The Morgan fingerprint density at radius 2 is 1.70 bits per heavy atom. The first-order chi connectivity index (χ1) is 14.1. The molecule has 30 heavy (non-hydrogen) atoms. The van der Waals surface area contributed by atoms with Crippen LogP contribution in [0.2, 0.25) is 0 Å². The number of nitrogens with zero attached hydrogens (tertiary/aromatic N) is 1. The summed E-state index contributed by atoms with van der Waals surface area (Å²) in [5.74, 6) is -1.53. The Morgan fingerprint density at radius 3 is 2.37 bits per heavy atom. The van der Waals surface area contributed by atoms with Crippen molar-refractivity contribution in [2.24, 2.45) is 11.8 Å². The fraction of sp³-hybridized carbons (Fsp3) is 0.524. The Balaban J connectivity index is 1.51. The monoisotopic (exact) mass is 429 g/mol. The van der Waals surface area contributed by atoms with Gasteiger partial charge in [-0.3, -0.25) is 4.90 Å². The van der Waals surface area contributed by atoms with Gasteiger partial charge in [-0.1, -0.05) is 42.5 Å². The van der Waals surface area contributed by atoms with E-state index in [-0.39, 0.29) is 6.54 Å². The number of alkyl halides is 6. The molecule has 3 fully saturated rings. The van der Waals surface area contributed by atoms with Crippen LogP contribution in [0.5, 0.6) is 0 Å². The SMILES string of the molecule is FC(F)(F)C1=C(C(F)(F)F)[C@]23CN(Cc4ccccc4)C[C@@]45C=C[C@@H](O4)[C@H]([C@H]52)[C@H]1O3. The summed E-state index contributed by atoms with van der Waals surface area (Å²) < 4.78 is 95.7. The fourth-order valence-electron chi connectivity index (χ4n) is 6.55. The molecule has 0 N–H and O–H groups in total. The number of fused-ring (bicyclic) bond motifs is 4. The Morgan fingerprint density at radius 1 is 0.967 bits per heavy atom. The van der Waals surface area contributed by atoms with E-state index in [1.54, 1.807) is 17.1 Å². The van der Waals surface area contributed by atoms with Gasteiger partial charge in [-0.15, -0.1) is 0 Å². The molecule has 4 bridgehead atoms. The summed E-state index contributed by atoms with van der Waals surface area (Å²) in [5.41, 5.74) is -5.42. The lowest BCUT2D eigenvalue weighted by molar-refractivity contribution is -0.166. The zero-order valence-corrected chi connectivity index (χ0v) is 15.5. The average molecular weight is 429 g/mol. The molecule has 6 rings (SSSR count).